The van der Waals surface area contributed by atoms with E-state index in [2.05, 4.69) is 0 Å². The van der Waals surface area contributed by atoms with E-state index in [1.807, 2.05) is 0 Å². The molecule has 0 saturated heterocycles. The molecule has 1 N–H and O–H groups in total. The van der Waals surface area contributed by atoms with Crippen LogP contribution in [0.3, 0.4) is 0 Å². The molecule has 5 heteroatoms. The molecular formula is C11H8O5. The molecule has 1 rings (SSSR count). The van der Waals surface area contributed by atoms with E-state index in [9.17, 15) is 14.4 Å². The van der Waals surface area contributed by atoms with Crippen LogP contribution in [0.5, 0.6) is 5.75 Å². The molecule has 0 radical (unpaired) electrons. The Balaban J connectivity index is 2.82. The minimum Gasteiger partial charge on any atom is -0.477 e. The average Bonchev–Trinajstić information content (AvgIpc) is 2.26. The van der Waals surface area contributed by atoms with Gasteiger partial charge in [0.2, 0.25) is 0 Å². The van der Waals surface area contributed by atoms with Crippen molar-refractivity contribution in [1.82, 2.24) is 0 Å². The van der Waals surface area contributed by atoms with Crippen molar-refractivity contribution in [1.29, 1.82) is 0 Å². The van der Waals surface area contributed by atoms with Crippen LogP contribution in [0.1, 0.15) is 0 Å². The fourth-order valence-electron chi connectivity index (χ4n) is 0.945. The number of para-hydroxylation sites is 1. The van der Waals surface area contributed by atoms with Gasteiger partial charge >= 0.3 is 11.9 Å². The lowest BCUT2D eigenvalue weighted by molar-refractivity contribution is -0.139. The van der Waals surface area contributed by atoms with E-state index < -0.39 is 17.5 Å². The SMILES string of the molecule is O=C/C=C(\C(=O)O)C(=O)Oc1ccccc1. The Labute approximate surface area is 91.0 Å². The number of hydrogen-bond acceptors (Lipinski definition) is 4. The van der Waals surface area contributed by atoms with Crippen molar-refractivity contribution in [3.05, 3.63) is 42.0 Å². The Hall–Kier alpha value is -2.43. The van der Waals surface area contributed by atoms with Gasteiger partial charge in [-0.3, -0.25) is 4.79 Å². The number of carbonyl (C=O) groups excluding carboxylic acids is 2. The molecule has 0 heterocycles. The maximum atomic E-state index is 11.3. The van der Waals surface area contributed by atoms with Crippen LogP contribution in [-0.2, 0) is 14.4 Å². The highest BCUT2D eigenvalue weighted by Crippen LogP contribution is 2.10. The summed E-state index contributed by atoms with van der Waals surface area (Å²) in [5.41, 5.74) is -0.709. The van der Waals surface area contributed by atoms with Crippen LogP contribution in [0, 0.1) is 0 Å². The van der Waals surface area contributed by atoms with Crippen LogP contribution >= 0.6 is 0 Å². The largest absolute Gasteiger partial charge is 0.477 e. The fraction of sp³-hybridized carbons (Fsp3) is 0. The predicted molar refractivity (Wildman–Crippen MR) is 53.9 cm³/mol. The normalized spacial score (nSPS) is 10.6. The summed E-state index contributed by atoms with van der Waals surface area (Å²) in [5, 5.41) is 8.62. The number of benzene rings is 1. The summed E-state index contributed by atoms with van der Waals surface area (Å²) in [6, 6.07) is 7.98. The first-order valence-corrected chi connectivity index (χ1v) is 4.31. The number of rotatable bonds is 4. The fourth-order valence-corrected chi connectivity index (χ4v) is 0.945. The van der Waals surface area contributed by atoms with Gasteiger partial charge in [0, 0.05) is 0 Å². The van der Waals surface area contributed by atoms with Crippen LogP contribution in [0.2, 0.25) is 0 Å². The van der Waals surface area contributed by atoms with Gasteiger partial charge in [-0.15, -0.1) is 0 Å². The van der Waals surface area contributed by atoms with E-state index in [1.54, 1.807) is 18.2 Å². The van der Waals surface area contributed by atoms with Crippen LogP contribution in [0.25, 0.3) is 0 Å². The monoisotopic (exact) mass is 220 g/mol. The van der Waals surface area contributed by atoms with Gasteiger partial charge in [-0.25, -0.2) is 9.59 Å². The van der Waals surface area contributed by atoms with Crippen molar-refractivity contribution in [2.75, 3.05) is 0 Å². The minimum absolute atomic E-state index is 0.213. The second kappa shape index (κ2) is 5.45. The average molecular weight is 220 g/mol. The van der Waals surface area contributed by atoms with E-state index in [1.165, 1.54) is 12.1 Å². The van der Waals surface area contributed by atoms with E-state index in [4.69, 9.17) is 9.84 Å². The number of allylic oxidation sites excluding steroid dienone is 1. The number of aliphatic carboxylic acids is 1. The second-order valence-corrected chi connectivity index (χ2v) is 2.72. The Kier molecular flexibility index (Phi) is 3.97. The second-order valence-electron chi connectivity index (χ2n) is 2.72. The first kappa shape index (κ1) is 11.6. The van der Waals surface area contributed by atoms with Crippen molar-refractivity contribution < 1.29 is 24.2 Å². The maximum absolute atomic E-state index is 11.3. The van der Waals surface area contributed by atoms with Gasteiger partial charge in [0.25, 0.3) is 0 Å². The highest BCUT2D eigenvalue weighted by Gasteiger charge is 2.19. The first-order valence-electron chi connectivity index (χ1n) is 4.31. The lowest BCUT2D eigenvalue weighted by Crippen LogP contribution is -2.18. The summed E-state index contributed by atoms with van der Waals surface area (Å²) < 4.78 is 4.74. The van der Waals surface area contributed by atoms with Gasteiger partial charge in [-0.1, -0.05) is 18.2 Å². The number of esters is 1. The molecule has 0 unspecified atom stereocenters. The summed E-state index contributed by atoms with van der Waals surface area (Å²) in [7, 11) is 0. The minimum atomic E-state index is -1.51. The number of carbonyl (C=O) groups is 3. The Morgan fingerprint density at radius 3 is 2.31 bits per heavy atom. The molecule has 0 aliphatic rings. The molecule has 0 atom stereocenters. The number of aldehydes is 1. The Bertz CT molecular complexity index is 433. The van der Waals surface area contributed by atoms with Crippen LogP contribution in [0.15, 0.2) is 42.0 Å². The van der Waals surface area contributed by atoms with Crippen LogP contribution < -0.4 is 4.74 Å². The molecule has 0 bridgehead atoms. The summed E-state index contributed by atoms with van der Waals surface area (Å²) in [4.78, 5) is 32.0. The van der Waals surface area contributed by atoms with E-state index >= 15 is 0 Å². The highest BCUT2D eigenvalue weighted by molar-refractivity contribution is 6.15. The summed E-state index contributed by atoms with van der Waals surface area (Å²) in [5.74, 6) is -2.37. The van der Waals surface area contributed by atoms with Gasteiger partial charge in [0.15, 0.2) is 0 Å². The molecule has 16 heavy (non-hydrogen) atoms. The van der Waals surface area contributed by atoms with Crippen molar-refractivity contribution in [3.63, 3.8) is 0 Å². The third kappa shape index (κ3) is 3.06. The summed E-state index contributed by atoms with van der Waals surface area (Å²) >= 11 is 0. The van der Waals surface area contributed by atoms with Gasteiger partial charge in [-0.05, 0) is 18.2 Å². The number of hydrogen-bond donors (Lipinski definition) is 1. The molecular weight excluding hydrogens is 212 g/mol. The van der Waals surface area contributed by atoms with Crippen LogP contribution in [0.4, 0.5) is 0 Å². The lowest BCUT2D eigenvalue weighted by Gasteiger charge is -2.03. The lowest BCUT2D eigenvalue weighted by atomic mass is 10.2. The molecule has 82 valence electrons. The van der Waals surface area contributed by atoms with Gasteiger partial charge < -0.3 is 9.84 Å². The standard InChI is InChI=1S/C11H8O5/c12-7-6-9(10(13)14)11(15)16-8-4-2-1-3-5-8/h1-7H,(H,13,14)/b9-6+. The first-order chi connectivity index (χ1) is 7.65. The smallest absolute Gasteiger partial charge is 0.351 e. The maximum Gasteiger partial charge on any atom is 0.351 e. The zero-order valence-corrected chi connectivity index (χ0v) is 8.12. The van der Waals surface area contributed by atoms with E-state index in [0.717, 1.165) is 0 Å². The molecule has 0 amide bonds. The van der Waals surface area contributed by atoms with Gasteiger partial charge in [0.1, 0.15) is 17.6 Å². The van der Waals surface area contributed by atoms with Crippen LogP contribution in [-0.4, -0.2) is 23.3 Å². The zero-order chi connectivity index (χ0) is 12.0. The molecule has 0 spiro atoms. The molecule has 1 aromatic carbocycles. The summed E-state index contributed by atoms with van der Waals surface area (Å²) in [6.45, 7) is 0. The van der Waals surface area contributed by atoms with Crippen molar-refractivity contribution >= 4 is 18.2 Å². The quantitative estimate of drug-likeness (QED) is 0.203. The molecule has 0 aromatic heterocycles. The molecule has 5 nitrogen and oxygen atoms in total. The third-order valence-corrected chi connectivity index (χ3v) is 1.64. The Morgan fingerprint density at radius 2 is 1.81 bits per heavy atom. The van der Waals surface area contributed by atoms with Crippen molar-refractivity contribution in [2.24, 2.45) is 0 Å². The zero-order valence-electron chi connectivity index (χ0n) is 8.12. The molecule has 0 fully saturated rings. The van der Waals surface area contributed by atoms with E-state index in [-0.39, 0.29) is 12.0 Å². The topological polar surface area (TPSA) is 80.7 Å². The van der Waals surface area contributed by atoms with E-state index in [0.29, 0.717) is 6.08 Å². The molecule has 1 aromatic rings. The number of ether oxygens (including phenoxy) is 1. The van der Waals surface area contributed by atoms with Gasteiger partial charge in [0.05, 0.1) is 0 Å². The van der Waals surface area contributed by atoms with Gasteiger partial charge in [-0.2, -0.15) is 0 Å². The van der Waals surface area contributed by atoms with Crippen molar-refractivity contribution in [3.8, 4) is 5.75 Å². The third-order valence-electron chi connectivity index (χ3n) is 1.64. The molecule has 0 aliphatic heterocycles. The summed E-state index contributed by atoms with van der Waals surface area (Å²) in [6.07, 6.45) is 0.864. The predicted octanol–water partition coefficient (Wildman–Crippen LogP) is 0.802. The van der Waals surface area contributed by atoms with Crippen molar-refractivity contribution in [2.45, 2.75) is 0 Å². The number of carboxylic acids is 1. The Morgan fingerprint density at radius 1 is 1.19 bits per heavy atom. The highest BCUT2D eigenvalue weighted by atomic mass is 16.5. The molecule has 0 saturated carbocycles. The molecule has 0 aliphatic carbocycles. The number of carboxylic acid groups (broad SMARTS) is 1.